The maximum atomic E-state index is 12.7. The predicted molar refractivity (Wildman–Crippen MR) is 78.7 cm³/mol. The summed E-state index contributed by atoms with van der Waals surface area (Å²) in [5.41, 5.74) is -0.0881. The van der Waals surface area contributed by atoms with Crippen LogP contribution in [0.3, 0.4) is 0 Å². The predicted octanol–water partition coefficient (Wildman–Crippen LogP) is 4.58. The zero-order chi connectivity index (χ0) is 15.9. The molecule has 0 bridgehead atoms. The van der Waals surface area contributed by atoms with E-state index in [-0.39, 0.29) is 11.1 Å². The second-order valence-corrected chi connectivity index (χ2v) is 5.58. The quantitative estimate of drug-likeness (QED) is 0.673. The fraction of sp³-hybridized carbons (Fsp3) is 0.0667. The monoisotopic (exact) mass is 368 g/mol. The summed E-state index contributed by atoms with van der Waals surface area (Å²) in [5, 5.41) is 0.553. The van der Waals surface area contributed by atoms with Gasteiger partial charge in [0.05, 0.1) is 5.56 Å². The lowest BCUT2D eigenvalue weighted by Crippen LogP contribution is -2.08. The van der Waals surface area contributed by atoms with E-state index in [4.69, 9.17) is 0 Å². The molecular formula is C15H8BrF3N2O. The second kappa shape index (κ2) is 5.24. The van der Waals surface area contributed by atoms with E-state index in [1.54, 1.807) is 12.3 Å². The average Bonchev–Trinajstić information content (AvgIpc) is 2.88. The maximum absolute atomic E-state index is 12.7. The molecule has 0 saturated heterocycles. The second-order valence-electron chi connectivity index (χ2n) is 4.66. The Morgan fingerprint density at radius 2 is 2.00 bits per heavy atom. The molecule has 0 radical (unpaired) electrons. The summed E-state index contributed by atoms with van der Waals surface area (Å²) in [6, 6.07) is 6.07. The van der Waals surface area contributed by atoms with Gasteiger partial charge in [-0.3, -0.25) is 4.79 Å². The lowest BCUT2D eigenvalue weighted by Gasteiger charge is -2.08. The molecular weight excluding hydrogens is 361 g/mol. The number of carbonyl (C=O) groups is 1. The molecule has 112 valence electrons. The van der Waals surface area contributed by atoms with Crippen molar-refractivity contribution in [2.24, 2.45) is 0 Å². The van der Waals surface area contributed by atoms with Crippen LogP contribution in [-0.2, 0) is 6.18 Å². The van der Waals surface area contributed by atoms with E-state index in [1.807, 2.05) is 0 Å². The largest absolute Gasteiger partial charge is 0.416 e. The van der Waals surface area contributed by atoms with E-state index in [0.717, 1.165) is 12.1 Å². The van der Waals surface area contributed by atoms with E-state index < -0.39 is 17.5 Å². The van der Waals surface area contributed by atoms with Crippen LogP contribution in [-0.4, -0.2) is 15.8 Å². The minimum atomic E-state index is -4.49. The van der Waals surface area contributed by atoms with E-state index in [1.165, 1.54) is 18.3 Å². The Morgan fingerprint density at radius 3 is 2.73 bits per heavy atom. The minimum Gasteiger partial charge on any atom is -0.345 e. The first-order valence-electron chi connectivity index (χ1n) is 6.21. The molecule has 0 unspecified atom stereocenters. The SMILES string of the molecule is O=C(c1cccc(C(F)(F)F)c1)c1c[nH]c2ncc(Br)cc12. The Bertz CT molecular complexity index is 871. The highest BCUT2D eigenvalue weighted by molar-refractivity contribution is 9.10. The zero-order valence-corrected chi connectivity index (χ0v) is 12.5. The third-order valence-corrected chi connectivity index (χ3v) is 3.63. The van der Waals surface area contributed by atoms with Crippen LogP contribution in [0, 0.1) is 0 Å². The highest BCUT2D eigenvalue weighted by Gasteiger charge is 2.31. The number of benzene rings is 1. The number of fused-ring (bicyclic) bond motifs is 1. The number of carbonyl (C=O) groups excluding carboxylic acids is 1. The summed E-state index contributed by atoms with van der Waals surface area (Å²) in [5.74, 6) is -0.489. The van der Waals surface area contributed by atoms with Gasteiger partial charge in [0.1, 0.15) is 5.65 Å². The molecule has 1 N–H and O–H groups in total. The molecule has 0 saturated carbocycles. The van der Waals surface area contributed by atoms with Gasteiger partial charge in [0, 0.05) is 33.4 Å². The van der Waals surface area contributed by atoms with Gasteiger partial charge in [0.2, 0.25) is 0 Å². The van der Waals surface area contributed by atoms with Gasteiger partial charge in [0.25, 0.3) is 0 Å². The Labute approximate surface area is 131 Å². The van der Waals surface area contributed by atoms with Crippen molar-refractivity contribution in [3.8, 4) is 0 Å². The Balaban J connectivity index is 2.08. The molecule has 7 heteroatoms. The van der Waals surface area contributed by atoms with Crippen LogP contribution in [0.2, 0.25) is 0 Å². The van der Waals surface area contributed by atoms with Gasteiger partial charge in [-0.1, -0.05) is 12.1 Å². The van der Waals surface area contributed by atoms with E-state index in [0.29, 0.717) is 15.5 Å². The average molecular weight is 369 g/mol. The number of halogens is 4. The van der Waals surface area contributed by atoms with Gasteiger partial charge in [-0.25, -0.2) is 4.98 Å². The number of aromatic nitrogens is 2. The standard InChI is InChI=1S/C15H8BrF3N2O/c16-10-5-11-12(7-21-14(11)20-6-10)13(22)8-2-1-3-9(4-8)15(17,18)19/h1-7H,(H,20,21). The summed E-state index contributed by atoms with van der Waals surface area (Å²) in [6.07, 6.45) is -1.47. The number of nitrogens with one attached hydrogen (secondary N) is 1. The number of rotatable bonds is 2. The number of aromatic amines is 1. The Morgan fingerprint density at radius 1 is 1.23 bits per heavy atom. The zero-order valence-electron chi connectivity index (χ0n) is 10.9. The number of alkyl halides is 3. The lowest BCUT2D eigenvalue weighted by atomic mass is 10.0. The minimum absolute atomic E-state index is 0.0179. The molecule has 0 aliphatic rings. The number of ketones is 1. The fourth-order valence-electron chi connectivity index (χ4n) is 2.16. The first-order chi connectivity index (χ1) is 10.4. The normalized spacial score (nSPS) is 11.8. The van der Waals surface area contributed by atoms with Crippen LogP contribution >= 0.6 is 15.9 Å². The molecule has 0 spiro atoms. The molecule has 3 rings (SSSR count). The molecule has 0 amide bonds. The van der Waals surface area contributed by atoms with Crippen molar-refractivity contribution in [2.75, 3.05) is 0 Å². The molecule has 0 atom stereocenters. The number of hydrogen-bond acceptors (Lipinski definition) is 2. The molecule has 3 nitrogen and oxygen atoms in total. The smallest absolute Gasteiger partial charge is 0.345 e. The van der Waals surface area contributed by atoms with Gasteiger partial charge in [-0.05, 0) is 34.1 Å². The fourth-order valence-corrected chi connectivity index (χ4v) is 2.49. The van der Waals surface area contributed by atoms with Gasteiger partial charge >= 0.3 is 6.18 Å². The lowest BCUT2D eigenvalue weighted by molar-refractivity contribution is -0.137. The number of nitrogens with zero attached hydrogens (tertiary/aromatic N) is 1. The summed E-state index contributed by atoms with van der Waals surface area (Å²) >= 11 is 3.26. The van der Waals surface area contributed by atoms with E-state index in [2.05, 4.69) is 25.9 Å². The summed E-state index contributed by atoms with van der Waals surface area (Å²) in [6.45, 7) is 0. The van der Waals surface area contributed by atoms with Gasteiger partial charge in [-0.15, -0.1) is 0 Å². The van der Waals surface area contributed by atoms with Crippen molar-refractivity contribution < 1.29 is 18.0 Å². The first-order valence-corrected chi connectivity index (χ1v) is 7.00. The molecule has 22 heavy (non-hydrogen) atoms. The highest BCUT2D eigenvalue weighted by Crippen LogP contribution is 2.30. The number of hydrogen-bond donors (Lipinski definition) is 1. The molecule has 0 aliphatic carbocycles. The van der Waals surface area contributed by atoms with Gasteiger partial charge < -0.3 is 4.98 Å². The van der Waals surface area contributed by atoms with Crippen molar-refractivity contribution in [1.82, 2.24) is 9.97 Å². The van der Waals surface area contributed by atoms with Crippen LogP contribution in [0.4, 0.5) is 13.2 Å². The number of pyridine rings is 1. The van der Waals surface area contributed by atoms with Crippen molar-refractivity contribution in [3.05, 3.63) is 63.9 Å². The molecule has 1 aromatic carbocycles. The third-order valence-electron chi connectivity index (χ3n) is 3.19. The van der Waals surface area contributed by atoms with Crippen molar-refractivity contribution in [1.29, 1.82) is 0 Å². The van der Waals surface area contributed by atoms with Crippen molar-refractivity contribution >= 4 is 32.7 Å². The van der Waals surface area contributed by atoms with Crippen molar-refractivity contribution in [3.63, 3.8) is 0 Å². The molecule has 0 aliphatic heterocycles. The van der Waals surface area contributed by atoms with Gasteiger partial charge in [-0.2, -0.15) is 13.2 Å². The van der Waals surface area contributed by atoms with Crippen LogP contribution in [0.1, 0.15) is 21.5 Å². The van der Waals surface area contributed by atoms with E-state index >= 15 is 0 Å². The Hall–Kier alpha value is -2.15. The van der Waals surface area contributed by atoms with Crippen molar-refractivity contribution in [2.45, 2.75) is 6.18 Å². The van der Waals surface area contributed by atoms with Crippen LogP contribution < -0.4 is 0 Å². The first kappa shape index (κ1) is 14.8. The van der Waals surface area contributed by atoms with Gasteiger partial charge in [0.15, 0.2) is 5.78 Å². The topological polar surface area (TPSA) is 45.8 Å². The number of H-pyrrole nitrogens is 1. The van der Waals surface area contributed by atoms with Crippen LogP contribution in [0.5, 0.6) is 0 Å². The summed E-state index contributed by atoms with van der Waals surface area (Å²) in [4.78, 5) is 19.4. The van der Waals surface area contributed by atoms with Crippen LogP contribution in [0.15, 0.2) is 47.2 Å². The summed E-state index contributed by atoms with van der Waals surface area (Å²) in [7, 11) is 0. The Kier molecular flexibility index (Phi) is 3.52. The van der Waals surface area contributed by atoms with E-state index in [9.17, 15) is 18.0 Å². The maximum Gasteiger partial charge on any atom is 0.416 e. The van der Waals surface area contributed by atoms with Crippen LogP contribution in [0.25, 0.3) is 11.0 Å². The third kappa shape index (κ3) is 2.64. The summed E-state index contributed by atoms with van der Waals surface area (Å²) < 4.78 is 38.9. The molecule has 0 fully saturated rings. The highest BCUT2D eigenvalue weighted by atomic mass is 79.9. The molecule has 2 aromatic heterocycles. The molecule has 2 heterocycles. The molecule has 3 aromatic rings.